The number of carbonyl (C=O) groups is 2. The minimum atomic E-state index is -0.257. The minimum Gasteiger partial charge on any atom is -0.326 e. The highest BCUT2D eigenvalue weighted by Gasteiger charge is 2.21. The molecule has 28 heavy (non-hydrogen) atoms. The molecule has 0 radical (unpaired) electrons. The van der Waals surface area contributed by atoms with Crippen molar-refractivity contribution in [1.29, 1.82) is 0 Å². The third-order valence-electron chi connectivity index (χ3n) is 4.87. The summed E-state index contributed by atoms with van der Waals surface area (Å²) < 4.78 is 0.972. The second-order valence-electron chi connectivity index (χ2n) is 7.11. The zero-order chi connectivity index (χ0) is 19.9. The molecule has 1 atom stereocenters. The van der Waals surface area contributed by atoms with E-state index in [-0.39, 0.29) is 23.0 Å². The number of carbonyl (C=O) groups excluding carboxylic acids is 2. The van der Waals surface area contributed by atoms with Crippen molar-refractivity contribution >= 4 is 50.9 Å². The fourth-order valence-electron chi connectivity index (χ4n) is 3.29. The molecule has 1 aliphatic rings. The molecule has 2 aromatic rings. The lowest BCUT2D eigenvalue weighted by Gasteiger charge is -2.21. The van der Waals surface area contributed by atoms with E-state index in [2.05, 4.69) is 26.6 Å². The largest absolute Gasteiger partial charge is 0.326 e. The van der Waals surface area contributed by atoms with E-state index in [1.54, 1.807) is 0 Å². The Kier molecular flexibility index (Phi) is 7.57. The van der Waals surface area contributed by atoms with Crippen LogP contribution in [0.3, 0.4) is 0 Å². The maximum Gasteiger partial charge on any atom is 0.237 e. The third-order valence-corrected chi connectivity index (χ3v) is 6.49. The van der Waals surface area contributed by atoms with E-state index in [0.717, 1.165) is 46.4 Å². The van der Waals surface area contributed by atoms with Gasteiger partial charge in [0.1, 0.15) is 0 Å². The molecule has 2 N–H and O–H groups in total. The lowest BCUT2D eigenvalue weighted by atomic mass is 9.88. The maximum atomic E-state index is 12.5. The Morgan fingerprint density at radius 1 is 1.00 bits per heavy atom. The van der Waals surface area contributed by atoms with Gasteiger partial charge < -0.3 is 10.6 Å². The molecule has 2 aromatic carbocycles. The predicted octanol–water partition coefficient (Wildman–Crippen LogP) is 6.09. The van der Waals surface area contributed by atoms with Crippen LogP contribution in [0.4, 0.5) is 11.4 Å². The molecular formula is C22H25BrN2O2S. The van der Waals surface area contributed by atoms with Gasteiger partial charge in [-0.2, -0.15) is 0 Å². The Bertz CT molecular complexity index is 820. The van der Waals surface area contributed by atoms with Crippen LogP contribution < -0.4 is 10.6 Å². The van der Waals surface area contributed by atoms with E-state index < -0.39 is 0 Å². The summed E-state index contributed by atoms with van der Waals surface area (Å²) in [5.74, 6) is 0.188. The van der Waals surface area contributed by atoms with Gasteiger partial charge in [0.05, 0.1) is 5.25 Å². The molecule has 6 heteroatoms. The van der Waals surface area contributed by atoms with Gasteiger partial charge in [-0.1, -0.05) is 41.3 Å². The molecule has 0 aliphatic heterocycles. The summed E-state index contributed by atoms with van der Waals surface area (Å²) in [6.07, 6.45) is 5.47. The smallest absolute Gasteiger partial charge is 0.237 e. The number of amides is 2. The first-order valence-corrected chi connectivity index (χ1v) is 11.3. The summed E-state index contributed by atoms with van der Waals surface area (Å²) in [5, 5.41) is 5.71. The summed E-state index contributed by atoms with van der Waals surface area (Å²) >= 11 is 4.87. The van der Waals surface area contributed by atoms with Crippen LogP contribution in [0.5, 0.6) is 0 Å². The summed E-state index contributed by atoms with van der Waals surface area (Å²) in [6, 6.07) is 15.2. The summed E-state index contributed by atoms with van der Waals surface area (Å²) in [5.41, 5.74) is 1.57. The molecular weight excluding hydrogens is 436 g/mol. The van der Waals surface area contributed by atoms with Crippen LogP contribution in [0.1, 0.15) is 39.0 Å². The number of nitrogens with one attached hydrogen (secondary N) is 2. The van der Waals surface area contributed by atoms with Gasteiger partial charge >= 0.3 is 0 Å². The number of hydrogen-bond acceptors (Lipinski definition) is 3. The Morgan fingerprint density at radius 2 is 1.71 bits per heavy atom. The van der Waals surface area contributed by atoms with Crippen molar-refractivity contribution in [2.24, 2.45) is 5.92 Å². The second kappa shape index (κ2) is 10.1. The lowest BCUT2D eigenvalue weighted by molar-refractivity contribution is -0.120. The van der Waals surface area contributed by atoms with Gasteiger partial charge in [-0.3, -0.25) is 9.59 Å². The molecule has 0 aromatic heterocycles. The SMILES string of the molecule is CC(Sc1cccc(NC(=O)C2CCCCC2)c1)C(=O)Nc1ccc(Br)cc1. The molecule has 0 bridgehead atoms. The highest BCUT2D eigenvalue weighted by molar-refractivity contribution is 9.10. The fourth-order valence-corrected chi connectivity index (χ4v) is 4.48. The summed E-state index contributed by atoms with van der Waals surface area (Å²) in [6.45, 7) is 1.88. The Morgan fingerprint density at radius 3 is 2.43 bits per heavy atom. The van der Waals surface area contributed by atoms with E-state index in [9.17, 15) is 9.59 Å². The average Bonchev–Trinajstić information content (AvgIpc) is 2.70. The Balaban J connectivity index is 1.56. The summed E-state index contributed by atoms with van der Waals surface area (Å²) in [7, 11) is 0. The van der Waals surface area contributed by atoms with E-state index >= 15 is 0 Å². The van der Waals surface area contributed by atoms with Gasteiger partial charge in [-0.25, -0.2) is 0 Å². The first kappa shape index (κ1) is 20.9. The summed E-state index contributed by atoms with van der Waals surface area (Å²) in [4.78, 5) is 25.9. The van der Waals surface area contributed by atoms with Gasteiger partial charge in [0, 0.05) is 26.7 Å². The number of benzene rings is 2. The van der Waals surface area contributed by atoms with Gasteiger partial charge in [-0.15, -0.1) is 11.8 Å². The molecule has 4 nitrogen and oxygen atoms in total. The van der Waals surface area contributed by atoms with Crippen LogP contribution in [-0.4, -0.2) is 17.1 Å². The van der Waals surface area contributed by atoms with Gasteiger partial charge in [0.15, 0.2) is 0 Å². The van der Waals surface area contributed by atoms with Crippen LogP contribution in [0.15, 0.2) is 57.9 Å². The number of hydrogen-bond donors (Lipinski definition) is 2. The second-order valence-corrected chi connectivity index (χ2v) is 9.44. The molecule has 1 saturated carbocycles. The standard InChI is InChI=1S/C22H25BrN2O2S/c1-15(21(26)24-18-12-10-17(23)11-13-18)28-20-9-5-8-19(14-20)25-22(27)16-6-3-2-4-7-16/h5,8-16H,2-4,6-7H2,1H3,(H,24,26)(H,25,27). The van der Waals surface area contributed by atoms with Crippen molar-refractivity contribution in [1.82, 2.24) is 0 Å². The van der Waals surface area contributed by atoms with Gasteiger partial charge in [0.2, 0.25) is 11.8 Å². The van der Waals surface area contributed by atoms with Crippen molar-refractivity contribution in [2.75, 3.05) is 10.6 Å². The lowest BCUT2D eigenvalue weighted by Crippen LogP contribution is -2.24. The Labute approximate surface area is 179 Å². The van der Waals surface area contributed by atoms with E-state index in [1.165, 1.54) is 18.2 Å². The topological polar surface area (TPSA) is 58.2 Å². The molecule has 0 heterocycles. The minimum absolute atomic E-state index is 0.0519. The average molecular weight is 461 g/mol. The molecule has 0 saturated heterocycles. The van der Waals surface area contributed by atoms with Gasteiger partial charge in [-0.05, 0) is 62.2 Å². The Hall–Kier alpha value is -1.79. The van der Waals surface area contributed by atoms with Crippen molar-refractivity contribution in [3.63, 3.8) is 0 Å². The zero-order valence-corrected chi connectivity index (χ0v) is 18.3. The van der Waals surface area contributed by atoms with E-state index in [1.807, 2.05) is 55.5 Å². The van der Waals surface area contributed by atoms with Crippen LogP contribution in [0.2, 0.25) is 0 Å². The number of halogens is 1. The number of anilines is 2. The van der Waals surface area contributed by atoms with Crippen molar-refractivity contribution in [3.8, 4) is 0 Å². The van der Waals surface area contributed by atoms with Gasteiger partial charge in [0.25, 0.3) is 0 Å². The van der Waals surface area contributed by atoms with E-state index in [4.69, 9.17) is 0 Å². The van der Waals surface area contributed by atoms with Crippen LogP contribution in [0, 0.1) is 5.92 Å². The normalized spacial score (nSPS) is 15.6. The molecule has 3 rings (SSSR count). The first-order valence-electron chi connectivity index (χ1n) is 9.65. The zero-order valence-electron chi connectivity index (χ0n) is 15.9. The molecule has 0 spiro atoms. The van der Waals surface area contributed by atoms with Crippen LogP contribution >= 0.6 is 27.7 Å². The van der Waals surface area contributed by atoms with E-state index in [0.29, 0.717) is 0 Å². The molecule has 1 unspecified atom stereocenters. The van der Waals surface area contributed by atoms with Crippen molar-refractivity contribution in [2.45, 2.75) is 49.2 Å². The quantitative estimate of drug-likeness (QED) is 0.512. The highest BCUT2D eigenvalue weighted by Crippen LogP contribution is 2.28. The number of thioether (sulfide) groups is 1. The predicted molar refractivity (Wildman–Crippen MR) is 120 cm³/mol. The number of rotatable bonds is 6. The monoisotopic (exact) mass is 460 g/mol. The fraction of sp³-hybridized carbons (Fsp3) is 0.364. The van der Waals surface area contributed by atoms with Crippen molar-refractivity contribution in [3.05, 3.63) is 53.0 Å². The first-order chi connectivity index (χ1) is 13.5. The van der Waals surface area contributed by atoms with Crippen LogP contribution in [-0.2, 0) is 9.59 Å². The van der Waals surface area contributed by atoms with Crippen LogP contribution in [0.25, 0.3) is 0 Å². The maximum absolute atomic E-state index is 12.5. The molecule has 2 amide bonds. The van der Waals surface area contributed by atoms with Crippen molar-refractivity contribution < 1.29 is 9.59 Å². The molecule has 1 aliphatic carbocycles. The highest BCUT2D eigenvalue weighted by atomic mass is 79.9. The third kappa shape index (κ3) is 6.11. The molecule has 148 valence electrons. The molecule has 1 fully saturated rings.